The van der Waals surface area contributed by atoms with Crippen LogP contribution >= 0.6 is 0 Å². The van der Waals surface area contributed by atoms with E-state index in [-0.39, 0.29) is 0 Å². The Morgan fingerprint density at radius 1 is 1.33 bits per heavy atom. The molecule has 94 valence electrons. The van der Waals surface area contributed by atoms with Gasteiger partial charge >= 0.3 is 0 Å². The summed E-state index contributed by atoms with van der Waals surface area (Å²) >= 11 is 0. The van der Waals surface area contributed by atoms with Crippen molar-refractivity contribution in [2.24, 2.45) is 11.7 Å². The van der Waals surface area contributed by atoms with Crippen LogP contribution in [0.25, 0.3) is 11.4 Å². The van der Waals surface area contributed by atoms with Crippen LogP contribution in [0, 0.1) is 5.92 Å². The Kier molecular flexibility index (Phi) is 2.98. The van der Waals surface area contributed by atoms with E-state index in [4.69, 9.17) is 5.73 Å². The Balaban J connectivity index is 1.76. The van der Waals surface area contributed by atoms with E-state index in [0.717, 1.165) is 43.3 Å². The molecule has 5 heteroatoms. The monoisotopic (exact) mass is 243 g/mol. The highest BCUT2D eigenvalue weighted by Crippen LogP contribution is 2.22. The van der Waals surface area contributed by atoms with Crippen LogP contribution in [0.1, 0.15) is 6.42 Å². The zero-order chi connectivity index (χ0) is 12.4. The van der Waals surface area contributed by atoms with Gasteiger partial charge in [0.1, 0.15) is 5.69 Å². The van der Waals surface area contributed by atoms with Crippen molar-refractivity contribution in [1.82, 2.24) is 15.2 Å². The third-order valence-electron chi connectivity index (χ3n) is 3.47. The Morgan fingerprint density at radius 3 is 2.89 bits per heavy atom. The molecule has 0 aliphatic carbocycles. The van der Waals surface area contributed by atoms with Crippen LogP contribution < -0.4 is 10.6 Å². The van der Waals surface area contributed by atoms with Crippen molar-refractivity contribution < 1.29 is 0 Å². The molecule has 18 heavy (non-hydrogen) atoms. The molecule has 0 saturated carbocycles. The number of rotatable bonds is 3. The molecular weight excluding hydrogens is 226 g/mol. The zero-order valence-corrected chi connectivity index (χ0v) is 10.2. The highest BCUT2D eigenvalue weighted by Gasteiger charge is 2.22. The van der Waals surface area contributed by atoms with Gasteiger partial charge in [0.2, 0.25) is 0 Å². The average Bonchev–Trinajstić information content (AvgIpc) is 3.10. The van der Waals surface area contributed by atoms with Crippen LogP contribution in [-0.2, 0) is 0 Å². The maximum atomic E-state index is 5.70. The summed E-state index contributed by atoms with van der Waals surface area (Å²) in [6.07, 6.45) is 3.04. The molecule has 3 N–H and O–H groups in total. The second kappa shape index (κ2) is 4.78. The summed E-state index contributed by atoms with van der Waals surface area (Å²) < 4.78 is 0. The van der Waals surface area contributed by atoms with Gasteiger partial charge in [0.25, 0.3) is 0 Å². The third-order valence-corrected chi connectivity index (χ3v) is 3.47. The quantitative estimate of drug-likeness (QED) is 0.851. The predicted molar refractivity (Wildman–Crippen MR) is 71.2 cm³/mol. The van der Waals surface area contributed by atoms with Gasteiger partial charge in [-0.1, -0.05) is 0 Å². The fourth-order valence-electron chi connectivity index (χ4n) is 2.36. The van der Waals surface area contributed by atoms with Crippen molar-refractivity contribution >= 4 is 5.82 Å². The van der Waals surface area contributed by atoms with Gasteiger partial charge in [-0.25, -0.2) is 0 Å². The topological polar surface area (TPSA) is 70.8 Å². The normalized spacial score (nSPS) is 19.4. The molecule has 1 atom stereocenters. The first-order chi connectivity index (χ1) is 8.86. The van der Waals surface area contributed by atoms with E-state index in [2.05, 4.69) is 20.1 Å². The van der Waals surface area contributed by atoms with Crippen LogP contribution in [0.4, 0.5) is 5.82 Å². The zero-order valence-electron chi connectivity index (χ0n) is 10.2. The van der Waals surface area contributed by atoms with Gasteiger partial charge < -0.3 is 15.6 Å². The minimum Gasteiger partial charge on any atom is -0.360 e. The van der Waals surface area contributed by atoms with Crippen molar-refractivity contribution in [3.8, 4) is 11.4 Å². The maximum Gasteiger partial charge on any atom is 0.151 e. The SMILES string of the molecule is NCC1CCN(c2ccc(-c3ccc[nH]3)nn2)C1. The lowest BCUT2D eigenvalue weighted by atomic mass is 10.1. The molecule has 3 heterocycles. The summed E-state index contributed by atoms with van der Waals surface area (Å²) in [6, 6.07) is 7.98. The van der Waals surface area contributed by atoms with E-state index in [1.165, 1.54) is 0 Å². The van der Waals surface area contributed by atoms with Gasteiger partial charge in [0, 0.05) is 19.3 Å². The molecule has 1 fully saturated rings. The number of hydrogen-bond acceptors (Lipinski definition) is 4. The molecule has 2 aromatic heterocycles. The lowest BCUT2D eigenvalue weighted by Gasteiger charge is -2.16. The second-order valence-electron chi connectivity index (χ2n) is 4.70. The number of nitrogens with zero attached hydrogens (tertiary/aromatic N) is 3. The van der Waals surface area contributed by atoms with Crippen LogP contribution in [0.15, 0.2) is 30.5 Å². The Labute approximate surface area is 106 Å². The molecule has 0 bridgehead atoms. The fraction of sp³-hybridized carbons (Fsp3) is 0.385. The molecule has 1 aliphatic rings. The first kappa shape index (κ1) is 11.2. The van der Waals surface area contributed by atoms with Gasteiger partial charge in [0.05, 0.1) is 5.69 Å². The smallest absolute Gasteiger partial charge is 0.151 e. The van der Waals surface area contributed by atoms with E-state index in [1.54, 1.807) is 0 Å². The predicted octanol–water partition coefficient (Wildman–Crippen LogP) is 1.26. The molecular formula is C13H17N5. The van der Waals surface area contributed by atoms with Crippen molar-refractivity contribution in [3.05, 3.63) is 30.5 Å². The van der Waals surface area contributed by atoms with E-state index >= 15 is 0 Å². The highest BCUT2D eigenvalue weighted by atomic mass is 15.3. The van der Waals surface area contributed by atoms with E-state index in [1.807, 2.05) is 30.5 Å². The van der Waals surface area contributed by atoms with Crippen LogP contribution in [-0.4, -0.2) is 34.8 Å². The van der Waals surface area contributed by atoms with Gasteiger partial charge in [-0.3, -0.25) is 0 Å². The Hall–Kier alpha value is -1.88. The van der Waals surface area contributed by atoms with Crippen molar-refractivity contribution in [2.75, 3.05) is 24.5 Å². The molecule has 0 aromatic carbocycles. The van der Waals surface area contributed by atoms with E-state index in [9.17, 15) is 0 Å². The largest absolute Gasteiger partial charge is 0.360 e. The Bertz CT molecular complexity index is 491. The number of H-pyrrole nitrogens is 1. The third kappa shape index (κ3) is 2.09. The van der Waals surface area contributed by atoms with Gasteiger partial charge in [-0.2, -0.15) is 0 Å². The molecule has 1 saturated heterocycles. The first-order valence-corrected chi connectivity index (χ1v) is 6.29. The summed E-state index contributed by atoms with van der Waals surface area (Å²) in [6.45, 7) is 2.77. The number of nitrogens with one attached hydrogen (secondary N) is 1. The number of aromatic amines is 1. The standard InChI is InChI=1S/C13H17N5/c14-8-10-5-7-18(9-10)13-4-3-12(16-17-13)11-2-1-6-15-11/h1-4,6,10,15H,5,7-9,14H2. The summed E-state index contributed by atoms with van der Waals surface area (Å²) in [5.41, 5.74) is 7.56. The van der Waals surface area contributed by atoms with Gasteiger partial charge in [0.15, 0.2) is 5.82 Å². The molecule has 0 amide bonds. The lowest BCUT2D eigenvalue weighted by molar-refractivity contribution is 0.602. The number of anilines is 1. The molecule has 5 nitrogen and oxygen atoms in total. The second-order valence-corrected chi connectivity index (χ2v) is 4.70. The summed E-state index contributed by atoms with van der Waals surface area (Å²) in [4.78, 5) is 5.38. The highest BCUT2D eigenvalue weighted by molar-refractivity contribution is 5.55. The Morgan fingerprint density at radius 2 is 2.28 bits per heavy atom. The molecule has 0 radical (unpaired) electrons. The van der Waals surface area contributed by atoms with Crippen LogP contribution in [0.3, 0.4) is 0 Å². The fourth-order valence-corrected chi connectivity index (χ4v) is 2.36. The molecule has 2 aromatic rings. The summed E-state index contributed by atoms with van der Waals surface area (Å²) in [5, 5.41) is 8.56. The minimum absolute atomic E-state index is 0.592. The minimum atomic E-state index is 0.592. The number of nitrogens with two attached hydrogens (primary N) is 1. The average molecular weight is 243 g/mol. The van der Waals surface area contributed by atoms with Gasteiger partial charge in [-0.05, 0) is 43.1 Å². The van der Waals surface area contributed by atoms with Crippen molar-refractivity contribution in [3.63, 3.8) is 0 Å². The van der Waals surface area contributed by atoms with Crippen molar-refractivity contribution in [1.29, 1.82) is 0 Å². The molecule has 1 aliphatic heterocycles. The van der Waals surface area contributed by atoms with Crippen LogP contribution in [0.5, 0.6) is 0 Å². The van der Waals surface area contributed by atoms with E-state index < -0.39 is 0 Å². The van der Waals surface area contributed by atoms with Gasteiger partial charge in [-0.15, -0.1) is 10.2 Å². The maximum absolute atomic E-state index is 5.70. The lowest BCUT2D eigenvalue weighted by Crippen LogP contribution is -2.23. The van der Waals surface area contributed by atoms with E-state index in [0.29, 0.717) is 5.92 Å². The van der Waals surface area contributed by atoms with Crippen molar-refractivity contribution in [2.45, 2.75) is 6.42 Å². The number of hydrogen-bond donors (Lipinski definition) is 2. The summed E-state index contributed by atoms with van der Waals surface area (Å²) in [7, 11) is 0. The first-order valence-electron chi connectivity index (χ1n) is 6.29. The van der Waals surface area contributed by atoms with Crippen LogP contribution in [0.2, 0.25) is 0 Å². The molecule has 0 spiro atoms. The number of aromatic nitrogens is 3. The molecule has 1 unspecified atom stereocenters. The molecule has 3 rings (SSSR count). The summed E-state index contributed by atoms with van der Waals surface area (Å²) in [5.74, 6) is 1.54.